The quantitative estimate of drug-likeness (QED) is 0.730. The Bertz CT molecular complexity index is 622. The van der Waals surface area contributed by atoms with Gasteiger partial charge in [-0.2, -0.15) is 0 Å². The van der Waals surface area contributed by atoms with Crippen molar-refractivity contribution >= 4 is 5.91 Å². The van der Waals surface area contributed by atoms with Crippen molar-refractivity contribution in [3.63, 3.8) is 0 Å². The van der Waals surface area contributed by atoms with Gasteiger partial charge in [-0.25, -0.2) is 0 Å². The molecule has 0 radical (unpaired) electrons. The smallest absolute Gasteiger partial charge is 0.269 e. The number of aromatic amines is 1. The number of hydrogen-bond donors (Lipinski definition) is 3. The number of nitrogens with zero attached hydrogens (tertiary/aromatic N) is 1. The Labute approximate surface area is 137 Å². The maximum Gasteiger partial charge on any atom is 0.269 e. The second-order valence-corrected chi connectivity index (χ2v) is 6.02. The van der Waals surface area contributed by atoms with Gasteiger partial charge in [0.05, 0.1) is 6.10 Å². The second kappa shape index (κ2) is 7.94. The Morgan fingerprint density at radius 3 is 2.57 bits per heavy atom. The minimum absolute atomic E-state index is 0.0478. The third-order valence-electron chi connectivity index (χ3n) is 3.86. The number of aromatic nitrogens is 1. The van der Waals surface area contributed by atoms with Gasteiger partial charge in [0.2, 0.25) is 0 Å². The highest BCUT2D eigenvalue weighted by molar-refractivity contribution is 5.92. The molecule has 124 valence electrons. The lowest BCUT2D eigenvalue weighted by Crippen LogP contribution is -2.38. The van der Waals surface area contributed by atoms with Crippen molar-refractivity contribution in [3.05, 3.63) is 59.4 Å². The molecule has 23 heavy (non-hydrogen) atoms. The fraction of sp³-hybridized carbons (Fsp3) is 0.389. The molecule has 1 amide bonds. The van der Waals surface area contributed by atoms with E-state index in [1.165, 1.54) is 4.90 Å². The fourth-order valence-electron chi connectivity index (χ4n) is 2.35. The highest BCUT2D eigenvalue weighted by atomic mass is 16.3. The maximum absolute atomic E-state index is 11.8. The molecule has 2 rings (SSSR count). The molecule has 2 unspecified atom stereocenters. The van der Waals surface area contributed by atoms with E-state index in [9.17, 15) is 9.90 Å². The molecule has 1 aromatic heterocycles. The van der Waals surface area contributed by atoms with Crippen LogP contribution >= 0.6 is 0 Å². The summed E-state index contributed by atoms with van der Waals surface area (Å²) in [5.41, 5.74) is 2.62. The Hall–Kier alpha value is -2.11. The minimum Gasteiger partial charge on any atom is -0.391 e. The van der Waals surface area contributed by atoms with Crippen LogP contribution in [0.2, 0.25) is 0 Å². The molecule has 0 aliphatic heterocycles. The number of amides is 1. The van der Waals surface area contributed by atoms with Crippen molar-refractivity contribution in [2.24, 2.45) is 0 Å². The largest absolute Gasteiger partial charge is 0.391 e. The minimum atomic E-state index is -0.463. The van der Waals surface area contributed by atoms with Crippen LogP contribution in [0.4, 0.5) is 0 Å². The highest BCUT2D eigenvalue weighted by Gasteiger charge is 2.15. The number of aliphatic hydroxyl groups excluding tert-OH is 1. The monoisotopic (exact) mass is 315 g/mol. The van der Waals surface area contributed by atoms with E-state index in [1.54, 1.807) is 20.2 Å². The summed E-state index contributed by atoms with van der Waals surface area (Å²) in [6.07, 6.45) is 0.152. The normalized spacial score (nSPS) is 13.6. The first-order valence-electron chi connectivity index (χ1n) is 7.82. The van der Waals surface area contributed by atoms with Crippen LogP contribution in [0.1, 0.15) is 28.7 Å². The van der Waals surface area contributed by atoms with Crippen molar-refractivity contribution in [2.75, 3.05) is 14.1 Å². The van der Waals surface area contributed by atoms with E-state index in [2.05, 4.69) is 10.3 Å². The SMILES string of the molecule is CC(NCc1ccc(C(=O)N(C)C)[nH]1)C(O)Cc1ccccc1. The molecule has 0 bridgehead atoms. The van der Waals surface area contributed by atoms with E-state index in [-0.39, 0.29) is 11.9 Å². The summed E-state index contributed by atoms with van der Waals surface area (Å²) < 4.78 is 0. The number of carbonyl (C=O) groups excluding carboxylic acids is 1. The van der Waals surface area contributed by atoms with Gasteiger partial charge in [0.1, 0.15) is 5.69 Å². The van der Waals surface area contributed by atoms with Crippen molar-refractivity contribution in [1.82, 2.24) is 15.2 Å². The Morgan fingerprint density at radius 2 is 1.91 bits per heavy atom. The molecule has 0 aliphatic carbocycles. The van der Waals surface area contributed by atoms with Crippen LogP contribution in [0.5, 0.6) is 0 Å². The van der Waals surface area contributed by atoms with E-state index in [0.29, 0.717) is 18.7 Å². The number of benzene rings is 1. The summed E-state index contributed by atoms with van der Waals surface area (Å²) in [7, 11) is 3.45. The van der Waals surface area contributed by atoms with Crippen LogP contribution in [-0.2, 0) is 13.0 Å². The molecule has 0 saturated carbocycles. The van der Waals surface area contributed by atoms with Crippen LogP contribution in [-0.4, -0.2) is 47.1 Å². The van der Waals surface area contributed by atoms with Crippen molar-refractivity contribution < 1.29 is 9.90 Å². The number of hydrogen-bond acceptors (Lipinski definition) is 3. The van der Waals surface area contributed by atoms with Crippen molar-refractivity contribution in [3.8, 4) is 0 Å². The average molecular weight is 315 g/mol. The Balaban J connectivity index is 1.84. The van der Waals surface area contributed by atoms with Gasteiger partial charge in [0, 0.05) is 32.4 Å². The number of H-pyrrole nitrogens is 1. The summed E-state index contributed by atoms with van der Waals surface area (Å²) in [6.45, 7) is 2.54. The molecule has 5 nitrogen and oxygen atoms in total. The summed E-state index contributed by atoms with van der Waals surface area (Å²) in [6, 6.07) is 13.6. The summed E-state index contributed by atoms with van der Waals surface area (Å²) in [4.78, 5) is 16.5. The third-order valence-corrected chi connectivity index (χ3v) is 3.86. The van der Waals surface area contributed by atoms with Crippen LogP contribution in [0, 0.1) is 0 Å². The summed E-state index contributed by atoms with van der Waals surface area (Å²) in [5, 5.41) is 13.6. The summed E-state index contributed by atoms with van der Waals surface area (Å²) in [5.74, 6) is -0.0478. The van der Waals surface area contributed by atoms with E-state index in [0.717, 1.165) is 11.3 Å². The van der Waals surface area contributed by atoms with Gasteiger partial charge in [-0.3, -0.25) is 4.79 Å². The molecular formula is C18H25N3O2. The Morgan fingerprint density at radius 1 is 1.22 bits per heavy atom. The van der Waals surface area contributed by atoms with Gasteiger partial charge in [-0.1, -0.05) is 30.3 Å². The molecule has 0 saturated heterocycles. The molecule has 1 aromatic carbocycles. The van der Waals surface area contributed by atoms with Gasteiger partial charge in [0.25, 0.3) is 5.91 Å². The van der Waals surface area contributed by atoms with E-state index in [4.69, 9.17) is 0 Å². The molecule has 1 heterocycles. The fourth-order valence-corrected chi connectivity index (χ4v) is 2.35. The molecule has 2 atom stereocenters. The van der Waals surface area contributed by atoms with Crippen LogP contribution in [0.3, 0.4) is 0 Å². The standard InChI is InChI=1S/C18H25N3O2/c1-13(17(22)11-14-7-5-4-6-8-14)19-12-15-9-10-16(20-15)18(23)21(2)3/h4-10,13,17,19-20,22H,11-12H2,1-3H3. The molecule has 0 spiro atoms. The van der Waals surface area contributed by atoms with Crippen LogP contribution < -0.4 is 5.32 Å². The zero-order valence-corrected chi connectivity index (χ0v) is 13.9. The lowest BCUT2D eigenvalue weighted by Gasteiger charge is -2.20. The molecule has 5 heteroatoms. The van der Waals surface area contributed by atoms with Gasteiger partial charge in [0.15, 0.2) is 0 Å². The number of rotatable bonds is 7. The van der Waals surface area contributed by atoms with Gasteiger partial charge < -0.3 is 20.3 Å². The average Bonchev–Trinajstić information content (AvgIpc) is 3.01. The van der Waals surface area contributed by atoms with Crippen molar-refractivity contribution in [2.45, 2.75) is 32.0 Å². The first-order valence-corrected chi connectivity index (χ1v) is 7.82. The second-order valence-electron chi connectivity index (χ2n) is 6.02. The zero-order chi connectivity index (χ0) is 16.8. The van der Waals surface area contributed by atoms with E-state index in [1.807, 2.05) is 43.3 Å². The molecule has 0 aliphatic rings. The van der Waals surface area contributed by atoms with Crippen molar-refractivity contribution in [1.29, 1.82) is 0 Å². The lowest BCUT2D eigenvalue weighted by molar-refractivity contribution is 0.0822. The first kappa shape index (κ1) is 17.2. The highest BCUT2D eigenvalue weighted by Crippen LogP contribution is 2.08. The predicted molar refractivity (Wildman–Crippen MR) is 91.3 cm³/mol. The zero-order valence-electron chi connectivity index (χ0n) is 13.9. The number of nitrogens with one attached hydrogen (secondary N) is 2. The summed E-state index contributed by atoms with van der Waals surface area (Å²) >= 11 is 0. The molecule has 0 fully saturated rings. The maximum atomic E-state index is 11.8. The molecule has 3 N–H and O–H groups in total. The number of aliphatic hydroxyl groups is 1. The van der Waals surface area contributed by atoms with E-state index >= 15 is 0 Å². The molecule has 2 aromatic rings. The van der Waals surface area contributed by atoms with Gasteiger partial charge in [-0.15, -0.1) is 0 Å². The van der Waals surface area contributed by atoms with Crippen LogP contribution in [0.25, 0.3) is 0 Å². The lowest BCUT2D eigenvalue weighted by atomic mass is 10.0. The topological polar surface area (TPSA) is 68.4 Å². The Kier molecular flexibility index (Phi) is 5.96. The van der Waals surface area contributed by atoms with E-state index < -0.39 is 6.10 Å². The molecular weight excluding hydrogens is 290 g/mol. The third kappa shape index (κ3) is 4.94. The van der Waals surface area contributed by atoms with Gasteiger partial charge >= 0.3 is 0 Å². The predicted octanol–water partition coefficient (Wildman–Crippen LogP) is 1.80. The first-order chi connectivity index (χ1) is 11.0. The van der Waals surface area contributed by atoms with Gasteiger partial charge in [-0.05, 0) is 31.0 Å². The number of carbonyl (C=O) groups is 1. The van der Waals surface area contributed by atoms with Crippen LogP contribution in [0.15, 0.2) is 42.5 Å².